The van der Waals surface area contributed by atoms with Crippen LogP contribution in [-0.2, 0) is 97.2 Å². The quantitative estimate of drug-likeness (QED) is 0.0562. The molecule has 10 aliphatic carbocycles. The van der Waals surface area contributed by atoms with Gasteiger partial charge in [0.05, 0.1) is 43.7 Å². The first kappa shape index (κ1) is 83.4. The van der Waals surface area contributed by atoms with E-state index < -0.39 is 65.2 Å². The van der Waals surface area contributed by atoms with Crippen molar-refractivity contribution in [2.24, 2.45) is 76.4 Å². The van der Waals surface area contributed by atoms with Gasteiger partial charge in [0.25, 0.3) is 23.6 Å². The summed E-state index contributed by atoms with van der Waals surface area (Å²) in [4.78, 5) is 99.8. The topological polar surface area (TPSA) is 348 Å². The number of likely N-dealkylation sites (N-methyl/N-ethyl adjacent to an activating group) is 1. The van der Waals surface area contributed by atoms with Gasteiger partial charge in [0.15, 0.2) is 52.4 Å². The smallest absolute Gasteiger partial charge is 0.323 e. The Hall–Kier alpha value is -9.86. The first-order chi connectivity index (χ1) is 58.3. The number of oxazole rings is 1. The third kappa shape index (κ3) is 13.9. The number of methoxy groups -OCH3 is 3. The number of carbonyl (C=O) groups excluding carboxylic acids is 4. The molecule has 6 saturated carbocycles. The van der Waals surface area contributed by atoms with Crippen LogP contribution < -0.4 is 22.9 Å². The Kier molecular flexibility index (Phi) is 22.4. The molecule has 20 rings (SSSR count). The second kappa shape index (κ2) is 32.4. The lowest BCUT2D eigenvalue weighted by Gasteiger charge is -2.45. The van der Waals surface area contributed by atoms with Crippen molar-refractivity contribution in [3.05, 3.63) is 152 Å². The van der Waals surface area contributed by atoms with E-state index in [4.69, 9.17) is 66.3 Å². The summed E-state index contributed by atoms with van der Waals surface area (Å²) in [5, 5.41) is 12.2. The molecule has 25 nitrogen and oxygen atoms in total. The number of aliphatic imine (C=N–C) groups is 4. The van der Waals surface area contributed by atoms with Gasteiger partial charge in [-0.15, -0.1) is 11.3 Å². The van der Waals surface area contributed by atoms with Gasteiger partial charge < -0.3 is 51.4 Å². The number of halogens is 3. The molecule has 9 N–H and O–H groups in total. The van der Waals surface area contributed by atoms with Gasteiger partial charge in [-0.3, -0.25) is 43.6 Å². The van der Waals surface area contributed by atoms with E-state index in [9.17, 15) is 42.3 Å². The fourth-order valence-corrected chi connectivity index (χ4v) is 23.7. The fraction of sp³-hybridized carbons (Fsp3) is 0.554. The average molecular weight is 1680 g/mol. The minimum atomic E-state index is -1.26. The zero-order valence-electron chi connectivity index (χ0n) is 69.6. The normalized spacial score (nSPS) is 31.5. The van der Waals surface area contributed by atoms with E-state index in [2.05, 4.69) is 64.3 Å². The molecule has 0 radical (unpaired) electrons. The number of rotatable bonds is 16. The van der Waals surface area contributed by atoms with Crippen molar-refractivity contribution in [3.63, 3.8) is 0 Å². The first-order valence-electron chi connectivity index (χ1n) is 43.0. The highest BCUT2D eigenvalue weighted by molar-refractivity contribution is 7.13. The van der Waals surface area contributed by atoms with Crippen LogP contribution in [0.3, 0.4) is 0 Å². The molecular weight excluding hydrogens is 1570 g/mol. The number of benzene rings is 4. The van der Waals surface area contributed by atoms with Crippen molar-refractivity contribution in [1.29, 1.82) is 0 Å². The highest BCUT2D eigenvalue weighted by Crippen LogP contribution is 2.67. The van der Waals surface area contributed by atoms with Crippen molar-refractivity contribution >= 4 is 64.8 Å². The van der Waals surface area contributed by atoms with E-state index in [1.54, 1.807) is 52.1 Å². The summed E-state index contributed by atoms with van der Waals surface area (Å²) in [5.41, 5.74) is 30.9. The summed E-state index contributed by atoms with van der Waals surface area (Å²) in [7, 11) is 6.91. The lowest BCUT2D eigenvalue weighted by molar-refractivity contribution is -0.145. The molecule has 4 amide bonds. The number of carbonyl (C=O) groups is 5. The van der Waals surface area contributed by atoms with Gasteiger partial charge in [-0.2, -0.15) is 0 Å². The van der Waals surface area contributed by atoms with Gasteiger partial charge in [-0.05, 0) is 247 Å². The van der Waals surface area contributed by atoms with Crippen molar-refractivity contribution in [3.8, 4) is 33.9 Å². The number of hydrogen-bond acceptors (Lipinski definition) is 21. The van der Waals surface area contributed by atoms with Crippen LogP contribution in [0.15, 0.2) is 121 Å². The van der Waals surface area contributed by atoms with Crippen molar-refractivity contribution in [2.45, 2.75) is 227 Å². The van der Waals surface area contributed by atoms with Crippen LogP contribution >= 0.6 is 11.3 Å². The van der Waals surface area contributed by atoms with E-state index in [0.29, 0.717) is 17.8 Å². The maximum Gasteiger partial charge on any atom is 0.323 e. The number of nitrogens with zero attached hydrogens (tertiary/aromatic N) is 10. The summed E-state index contributed by atoms with van der Waals surface area (Å²) < 4.78 is 67.5. The Morgan fingerprint density at radius 2 is 0.992 bits per heavy atom. The molecule has 14 aliphatic rings. The largest absolute Gasteiger partial charge is 0.480 e. The van der Waals surface area contributed by atoms with Crippen molar-refractivity contribution in [1.82, 2.24) is 29.6 Å². The van der Waals surface area contributed by atoms with Gasteiger partial charge in [-0.25, -0.2) is 43.1 Å². The molecule has 5 atom stereocenters. The molecule has 8 spiro atoms. The highest BCUT2D eigenvalue weighted by atomic mass is 32.1. The summed E-state index contributed by atoms with van der Waals surface area (Å²) in [5.74, 6) is 7.01. The number of thiazole rings is 1. The van der Waals surface area contributed by atoms with E-state index in [0.717, 1.165) is 219 Å². The minimum Gasteiger partial charge on any atom is -0.480 e. The Balaban J connectivity index is 0.000000115. The predicted octanol–water partition coefficient (Wildman–Crippen LogP) is 11.9. The van der Waals surface area contributed by atoms with E-state index in [1.165, 1.54) is 58.3 Å². The maximum absolute atomic E-state index is 13.9. The second-order valence-electron chi connectivity index (χ2n) is 36.0. The maximum atomic E-state index is 13.9. The van der Waals surface area contributed by atoms with E-state index in [-0.39, 0.29) is 89.8 Å². The number of carboxylic acids is 1. The van der Waals surface area contributed by atoms with Crippen molar-refractivity contribution in [2.75, 3.05) is 61.4 Å². The standard InChI is InChI=1S/C24H32FN3O2.C24H27N3O4.C22H25FN4O3.C22H25FN4O2S/c1-15(25)30-19-9-11-23(12-10-19)14-18-8-7-17(6-5-16-3-4-16)13-20(18)24(23)21(29)28(2)22(26)27-24;1-31-18-8-10-23(11-9-18)13-17-7-6-16(5-4-15-2-3-15)12-19(17)24(23)21(30)27(14-20(28)29)22(25)26-24;2*1-29-16-4-6-21(7-5-16)13-15-3-2-14(18-25-9-11-30-18)12-17(15)22(21)19(28)27(10-8-23)20(24)26-22/h7-8,13,15-16,19H,3-6,9-12,14H2,1-2H3,(H2,26,27);6-7,12,15,18H,2-3,8-11,13-14H2,1H3,(H2,25,26)(H,28,29);2*2-3,9,11-12,16H,4-8,10,13H2,1H3,(H2,24,26). The summed E-state index contributed by atoms with van der Waals surface area (Å²) in [6, 6.07) is 24.9. The Bertz CT molecular complexity index is 5040. The van der Waals surface area contributed by atoms with E-state index in [1.807, 2.05) is 35.7 Å². The van der Waals surface area contributed by atoms with Crippen LogP contribution in [0.4, 0.5) is 13.2 Å². The lowest BCUT2D eigenvalue weighted by atomic mass is 9.61. The number of alkyl halides is 3. The second-order valence-corrected chi connectivity index (χ2v) is 36.9. The number of hydrogen-bond donors (Lipinski definition) is 5. The Labute approximate surface area is 707 Å². The molecule has 6 fully saturated rings. The lowest BCUT2D eigenvalue weighted by Crippen LogP contribution is -2.53. The molecular formula is C92H109F3N14O11S. The molecule has 2 aromatic heterocycles. The first-order valence-corrected chi connectivity index (χ1v) is 43.9. The Morgan fingerprint density at radius 3 is 1.42 bits per heavy atom. The molecule has 29 heteroatoms. The molecule has 121 heavy (non-hydrogen) atoms. The number of carboxylic acid groups (broad SMARTS) is 1. The minimum absolute atomic E-state index is 0.0112. The summed E-state index contributed by atoms with van der Waals surface area (Å²) >= 11 is 1.56. The number of aliphatic carboxylic acids is 1. The molecule has 5 unspecified atom stereocenters. The van der Waals surface area contributed by atoms with Gasteiger partial charge in [0.2, 0.25) is 5.89 Å². The third-order valence-electron chi connectivity index (χ3n) is 29.6. The SMILES string of the molecule is CC(F)OC1CCC2(CC1)Cc1ccc(CCC3CC3)cc1C21N=C(N)N(C)C1=O.COC1CCC2(CC1)Cc1ccc(-c3ncco3)cc1C21N=C(N)N(CCF)C1=O.COC1CCC2(CC1)Cc1ccc(-c3nccs3)cc1C21N=C(N)N(CCF)C1=O.COC1CCC2(CC1)Cc1ccc(C#CC3CC3)cc1C21N=C(N)N(CC(=O)O)C1=O. The van der Waals surface area contributed by atoms with Gasteiger partial charge in [0.1, 0.15) is 31.2 Å². The zero-order chi connectivity index (χ0) is 84.8. The van der Waals surface area contributed by atoms with Gasteiger partial charge in [-0.1, -0.05) is 67.1 Å². The highest BCUT2D eigenvalue weighted by Gasteiger charge is 2.71. The number of fused-ring (bicyclic) bond motifs is 12. The average Bonchev–Trinajstić information content (AvgIpc) is 1.54. The molecule has 4 aliphatic heterocycles. The van der Waals surface area contributed by atoms with E-state index >= 15 is 0 Å². The Morgan fingerprint density at radius 1 is 0.554 bits per heavy atom. The van der Waals surface area contributed by atoms with Crippen molar-refractivity contribution < 1.29 is 65.6 Å². The zero-order valence-corrected chi connectivity index (χ0v) is 70.4. The fourth-order valence-electron chi connectivity index (χ4n) is 23.0. The van der Waals surface area contributed by atoms with Crippen LogP contribution in [0.5, 0.6) is 0 Å². The summed E-state index contributed by atoms with van der Waals surface area (Å²) in [6.07, 6.45) is 27.3. The van der Waals surface area contributed by atoms with Crippen LogP contribution in [0.1, 0.15) is 197 Å². The van der Waals surface area contributed by atoms with Crippen LogP contribution in [0.25, 0.3) is 22.0 Å². The third-order valence-corrected chi connectivity index (χ3v) is 30.4. The molecule has 640 valence electrons. The molecule has 0 bridgehead atoms. The number of guanidine groups is 4. The molecule has 6 heterocycles. The number of nitrogens with two attached hydrogens (primary N) is 4. The number of ether oxygens (including phenoxy) is 4. The van der Waals surface area contributed by atoms with Gasteiger partial charge in [0, 0.05) is 84.2 Å². The number of aromatic nitrogens is 2. The molecule has 0 saturated heterocycles. The molecule has 6 aromatic rings. The van der Waals surface area contributed by atoms with Crippen LogP contribution in [0.2, 0.25) is 0 Å². The van der Waals surface area contributed by atoms with Crippen LogP contribution in [0, 0.1) is 45.3 Å². The number of aryl methyl sites for hydroxylation is 1. The van der Waals surface area contributed by atoms with Crippen LogP contribution in [-0.4, -0.2) is 180 Å². The monoisotopic (exact) mass is 1670 g/mol. The summed E-state index contributed by atoms with van der Waals surface area (Å²) in [6.45, 7) is -0.511. The number of amides is 4. The molecule has 4 aromatic carbocycles. The predicted molar refractivity (Wildman–Crippen MR) is 450 cm³/mol. The van der Waals surface area contributed by atoms with Gasteiger partial charge >= 0.3 is 5.97 Å².